The molecule has 1 rings (SSSR count). The fourth-order valence-electron chi connectivity index (χ4n) is 1.07. The summed E-state index contributed by atoms with van der Waals surface area (Å²) in [5, 5.41) is 19.5. The molecule has 1 aromatic rings. The van der Waals surface area contributed by atoms with Gasteiger partial charge in [0, 0.05) is 0 Å². The Bertz CT molecular complexity index is 380. The lowest BCUT2D eigenvalue weighted by atomic mass is 9.81. The van der Waals surface area contributed by atoms with Crippen molar-refractivity contribution in [1.29, 1.82) is 0 Å². The highest BCUT2D eigenvalue weighted by Gasteiger charge is 2.24. The number of hydrogen-bond acceptors (Lipinski definition) is 3. The Hall–Kier alpha value is -1.47. The normalized spacial score (nSPS) is 12.1. The number of rotatable bonds is 3. The summed E-state index contributed by atoms with van der Waals surface area (Å²) in [6.07, 6.45) is 0. The third-order valence-corrected chi connectivity index (χ3v) is 2.00. The van der Waals surface area contributed by atoms with Gasteiger partial charge >= 0.3 is 7.12 Å². The average molecular weight is 229 g/mol. The SMILES string of the molecule is CC(NC(=O)c1c(F)cccc1F)B(O)O. The first kappa shape index (κ1) is 12.6. The lowest BCUT2D eigenvalue weighted by Gasteiger charge is -2.13. The van der Waals surface area contributed by atoms with Crippen LogP contribution < -0.4 is 5.32 Å². The van der Waals surface area contributed by atoms with Gasteiger partial charge in [-0.3, -0.25) is 4.79 Å². The first-order chi connectivity index (χ1) is 7.43. The number of carbonyl (C=O) groups excluding carboxylic acids is 1. The molecule has 1 unspecified atom stereocenters. The predicted molar refractivity (Wildman–Crippen MR) is 53.5 cm³/mol. The molecule has 1 amide bonds. The number of amides is 1. The fourth-order valence-corrected chi connectivity index (χ4v) is 1.07. The fraction of sp³-hybridized carbons (Fsp3) is 0.222. The summed E-state index contributed by atoms with van der Waals surface area (Å²) in [6, 6.07) is 3.02. The average Bonchev–Trinajstić information content (AvgIpc) is 2.16. The van der Waals surface area contributed by atoms with E-state index in [0.717, 1.165) is 18.2 Å². The van der Waals surface area contributed by atoms with E-state index < -0.39 is 36.2 Å². The van der Waals surface area contributed by atoms with Crippen LogP contribution in [0.25, 0.3) is 0 Å². The molecular formula is C9H10BF2NO3. The minimum Gasteiger partial charge on any atom is -0.426 e. The monoisotopic (exact) mass is 229 g/mol. The molecule has 0 radical (unpaired) electrons. The Balaban J connectivity index is 2.89. The van der Waals surface area contributed by atoms with Gasteiger partial charge in [0.2, 0.25) is 0 Å². The summed E-state index contributed by atoms with van der Waals surface area (Å²) >= 11 is 0. The van der Waals surface area contributed by atoms with Crippen LogP contribution in [0.15, 0.2) is 18.2 Å². The zero-order valence-electron chi connectivity index (χ0n) is 8.45. The van der Waals surface area contributed by atoms with Crippen molar-refractivity contribution < 1.29 is 23.6 Å². The molecule has 86 valence electrons. The molecule has 7 heteroatoms. The van der Waals surface area contributed by atoms with Crippen LogP contribution in [-0.4, -0.2) is 29.0 Å². The maximum absolute atomic E-state index is 13.1. The second kappa shape index (κ2) is 5.04. The molecule has 0 aliphatic carbocycles. The molecule has 0 saturated heterocycles. The highest BCUT2D eigenvalue weighted by atomic mass is 19.1. The molecule has 16 heavy (non-hydrogen) atoms. The Morgan fingerprint density at radius 2 is 1.88 bits per heavy atom. The van der Waals surface area contributed by atoms with E-state index in [-0.39, 0.29) is 0 Å². The van der Waals surface area contributed by atoms with Crippen LogP contribution >= 0.6 is 0 Å². The van der Waals surface area contributed by atoms with Crippen molar-refractivity contribution in [3.05, 3.63) is 35.4 Å². The third-order valence-electron chi connectivity index (χ3n) is 2.00. The summed E-state index contributed by atoms with van der Waals surface area (Å²) in [7, 11) is -1.79. The number of nitrogens with one attached hydrogen (secondary N) is 1. The molecule has 4 nitrogen and oxygen atoms in total. The molecule has 0 aromatic heterocycles. The van der Waals surface area contributed by atoms with E-state index in [1.807, 2.05) is 0 Å². The lowest BCUT2D eigenvalue weighted by Crippen LogP contribution is -2.44. The summed E-state index contributed by atoms with van der Waals surface area (Å²) in [6.45, 7) is 1.29. The second-order valence-electron chi connectivity index (χ2n) is 3.27. The molecule has 0 fully saturated rings. The Morgan fingerprint density at radius 1 is 1.38 bits per heavy atom. The van der Waals surface area contributed by atoms with Crippen LogP contribution in [0.5, 0.6) is 0 Å². The van der Waals surface area contributed by atoms with Crippen molar-refractivity contribution in [1.82, 2.24) is 5.32 Å². The van der Waals surface area contributed by atoms with Crippen LogP contribution in [0.1, 0.15) is 17.3 Å². The molecule has 3 N–H and O–H groups in total. The van der Waals surface area contributed by atoms with Crippen LogP contribution in [0, 0.1) is 11.6 Å². The first-order valence-corrected chi connectivity index (χ1v) is 4.54. The molecule has 0 bridgehead atoms. The van der Waals surface area contributed by atoms with Gasteiger partial charge in [-0.1, -0.05) is 6.07 Å². The van der Waals surface area contributed by atoms with E-state index in [1.54, 1.807) is 0 Å². The summed E-state index contributed by atoms with van der Waals surface area (Å²) in [5.41, 5.74) is -0.741. The van der Waals surface area contributed by atoms with Gasteiger partial charge in [0.25, 0.3) is 5.91 Å². The number of benzene rings is 1. The number of hydrogen-bond donors (Lipinski definition) is 3. The maximum Gasteiger partial charge on any atom is 0.475 e. The van der Waals surface area contributed by atoms with Gasteiger partial charge in [-0.15, -0.1) is 0 Å². The Kier molecular flexibility index (Phi) is 3.97. The van der Waals surface area contributed by atoms with E-state index in [4.69, 9.17) is 10.0 Å². The van der Waals surface area contributed by atoms with E-state index >= 15 is 0 Å². The third kappa shape index (κ3) is 2.77. The van der Waals surface area contributed by atoms with E-state index in [9.17, 15) is 13.6 Å². The Labute approximate surface area is 91.0 Å². The van der Waals surface area contributed by atoms with E-state index in [1.165, 1.54) is 6.92 Å². The van der Waals surface area contributed by atoms with E-state index in [0.29, 0.717) is 0 Å². The van der Waals surface area contributed by atoms with Crippen LogP contribution in [0.2, 0.25) is 0 Å². The van der Waals surface area contributed by atoms with Gasteiger partial charge in [0.15, 0.2) is 0 Å². The van der Waals surface area contributed by atoms with Crippen molar-refractivity contribution in [2.75, 3.05) is 0 Å². The molecule has 1 atom stereocenters. The van der Waals surface area contributed by atoms with Crippen molar-refractivity contribution >= 4 is 13.0 Å². The molecule has 0 spiro atoms. The maximum atomic E-state index is 13.1. The summed E-state index contributed by atoms with van der Waals surface area (Å²) in [4.78, 5) is 11.4. The quantitative estimate of drug-likeness (QED) is 0.643. The molecular weight excluding hydrogens is 219 g/mol. The summed E-state index contributed by atoms with van der Waals surface area (Å²) in [5.74, 6) is -4.06. The van der Waals surface area contributed by atoms with Gasteiger partial charge in [-0.25, -0.2) is 8.78 Å². The summed E-state index contributed by atoms with van der Waals surface area (Å²) < 4.78 is 26.3. The van der Waals surface area contributed by atoms with Gasteiger partial charge in [0.05, 0.1) is 5.94 Å². The van der Waals surface area contributed by atoms with Gasteiger partial charge in [0.1, 0.15) is 17.2 Å². The molecule has 0 aliphatic rings. The highest BCUT2D eigenvalue weighted by Crippen LogP contribution is 2.11. The van der Waals surface area contributed by atoms with Crippen molar-refractivity contribution in [3.63, 3.8) is 0 Å². The minimum atomic E-state index is -1.79. The minimum absolute atomic E-state index is 0.741. The van der Waals surface area contributed by atoms with Crippen molar-refractivity contribution in [2.45, 2.75) is 12.9 Å². The molecule has 0 aliphatic heterocycles. The van der Waals surface area contributed by atoms with Gasteiger partial charge in [-0.05, 0) is 19.1 Å². The highest BCUT2D eigenvalue weighted by molar-refractivity contribution is 6.43. The lowest BCUT2D eigenvalue weighted by molar-refractivity contribution is 0.0936. The van der Waals surface area contributed by atoms with Crippen molar-refractivity contribution in [2.24, 2.45) is 0 Å². The number of halogens is 2. The first-order valence-electron chi connectivity index (χ1n) is 4.54. The van der Waals surface area contributed by atoms with Crippen LogP contribution in [-0.2, 0) is 0 Å². The zero-order valence-corrected chi connectivity index (χ0v) is 8.45. The molecule has 0 saturated carbocycles. The standard InChI is InChI=1S/C9H10BF2NO3/c1-5(10(15)16)13-9(14)8-6(11)3-2-4-7(8)12/h2-5,15-16H,1H3,(H,13,14). The van der Waals surface area contributed by atoms with Gasteiger partial charge in [-0.2, -0.15) is 0 Å². The largest absolute Gasteiger partial charge is 0.475 e. The predicted octanol–water partition coefficient (Wildman–Crippen LogP) is 0.0951. The van der Waals surface area contributed by atoms with Gasteiger partial charge < -0.3 is 15.4 Å². The van der Waals surface area contributed by atoms with Crippen LogP contribution in [0.3, 0.4) is 0 Å². The zero-order chi connectivity index (χ0) is 12.3. The second-order valence-corrected chi connectivity index (χ2v) is 3.27. The van der Waals surface area contributed by atoms with Crippen molar-refractivity contribution in [3.8, 4) is 0 Å². The number of carbonyl (C=O) groups is 1. The Morgan fingerprint density at radius 3 is 2.31 bits per heavy atom. The van der Waals surface area contributed by atoms with E-state index in [2.05, 4.69) is 5.32 Å². The molecule has 1 aromatic carbocycles. The molecule has 0 heterocycles. The topological polar surface area (TPSA) is 69.6 Å². The van der Waals surface area contributed by atoms with Crippen LogP contribution in [0.4, 0.5) is 8.78 Å². The smallest absolute Gasteiger partial charge is 0.426 e.